The fourth-order valence-corrected chi connectivity index (χ4v) is 7.70. The molecule has 1 aliphatic heterocycles. The second-order valence-electron chi connectivity index (χ2n) is 13.8. The minimum Gasteiger partial charge on any atom is -0.426 e. The zero-order chi connectivity index (χ0) is 30.8. The van der Waals surface area contributed by atoms with E-state index in [4.69, 9.17) is 4.74 Å². The third-order valence-electron chi connectivity index (χ3n) is 10.2. The number of ether oxygens (including phenoxy) is 1. The molecule has 0 saturated carbocycles. The number of hydrogen-bond acceptors (Lipinski definition) is 3. The van der Waals surface area contributed by atoms with Crippen LogP contribution in [0.1, 0.15) is 171 Å². The van der Waals surface area contributed by atoms with Crippen molar-refractivity contribution in [3.8, 4) is 16.9 Å². The van der Waals surface area contributed by atoms with E-state index in [0.29, 0.717) is 12.5 Å². The lowest BCUT2D eigenvalue weighted by atomic mass is 9.77. The summed E-state index contributed by atoms with van der Waals surface area (Å²) in [6.45, 7) is 6.85. The Morgan fingerprint density at radius 2 is 1.23 bits per heavy atom. The van der Waals surface area contributed by atoms with Crippen molar-refractivity contribution in [1.29, 1.82) is 0 Å². The maximum atomic E-state index is 12.9. The number of hydrogen-bond donors (Lipinski definition) is 0. The van der Waals surface area contributed by atoms with Crippen molar-refractivity contribution in [2.75, 3.05) is 13.1 Å². The van der Waals surface area contributed by atoms with E-state index < -0.39 is 0 Å². The first-order chi connectivity index (χ1) is 21.7. The normalized spacial score (nSPS) is 15.6. The highest BCUT2D eigenvalue weighted by Crippen LogP contribution is 2.48. The third-order valence-corrected chi connectivity index (χ3v) is 10.2. The van der Waals surface area contributed by atoms with Crippen molar-refractivity contribution < 1.29 is 9.53 Å². The Morgan fingerprint density at radius 3 is 1.82 bits per heavy atom. The smallest absolute Gasteiger partial charge is 0.311 e. The Bertz CT molecular complexity index is 1110. The molecule has 3 heteroatoms. The van der Waals surface area contributed by atoms with Crippen LogP contribution in [0, 0.1) is 0 Å². The molecule has 1 aliphatic carbocycles. The van der Waals surface area contributed by atoms with Gasteiger partial charge in [-0.1, -0.05) is 160 Å². The first kappa shape index (κ1) is 34.7. The predicted octanol–water partition coefficient (Wildman–Crippen LogP) is 11.9. The molecule has 0 bridgehead atoms. The Kier molecular flexibility index (Phi) is 15.9. The van der Waals surface area contributed by atoms with Crippen molar-refractivity contribution >= 4 is 5.97 Å². The Balaban J connectivity index is 1.06. The highest BCUT2D eigenvalue weighted by atomic mass is 16.5. The molecule has 1 heterocycles. The van der Waals surface area contributed by atoms with Crippen molar-refractivity contribution in [2.45, 2.75) is 168 Å². The van der Waals surface area contributed by atoms with Crippen LogP contribution in [-0.2, 0) is 17.6 Å². The first-order valence-electron chi connectivity index (χ1n) is 18.9. The third kappa shape index (κ3) is 10.7. The summed E-state index contributed by atoms with van der Waals surface area (Å²) < 4.78 is 6.06. The lowest BCUT2D eigenvalue weighted by Crippen LogP contribution is -2.38. The minimum atomic E-state index is -0.0788. The van der Waals surface area contributed by atoms with Gasteiger partial charge < -0.3 is 4.74 Å². The van der Waals surface area contributed by atoms with E-state index in [1.165, 1.54) is 138 Å². The van der Waals surface area contributed by atoms with Crippen LogP contribution in [-0.4, -0.2) is 24.0 Å². The van der Waals surface area contributed by atoms with Gasteiger partial charge in [0.1, 0.15) is 5.75 Å². The number of carbonyl (C=O) groups is 1. The molecule has 244 valence electrons. The summed E-state index contributed by atoms with van der Waals surface area (Å²) >= 11 is 0. The molecule has 44 heavy (non-hydrogen) atoms. The van der Waals surface area contributed by atoms with Gasteiger partial charge in [-0.15, -0.1) is 0 Å². The van der Waals surface area contributed by atoms with Crippen LogP contribution in [0.2, 0.25) is 0 Å². The number of unbranched alkanes of at least 4 members (excludes halogenated alkanes) is 18. The number of carbonyl (C=O) groups excluding carboxylic acids is 1. The number of nitrogens with zero attached hydrogens (tertiary/aromatic N) is 1. The Hall–Kier alpha value is -2.13. The van der Waals surface area contributed by atoms with Gasteiger partial charge in [0.25, 0.3) is 0 Å². The lowest BCUT2D eigenvalue weighted by molar-refractivity contribution is -0.134. The lowest BCUT2D eigenvalue weighted by Gasteiger charge is -2.41. The van der Waals surface area contributed by atoms with Gasteiger partial charge in [-0.05, 0) is 60.5 Å². The van der Waals surface area contributed by atoms with Gasteiger partial charge in [0.05, 0.1) is 0 Å². The molecule has 0 N–H and O–H groups in total. The van der Waals surface area contributed by atoms with Gasteiger partial charge in [-0.2, -0.15) is 0 Å². The summed E-state index contributed by atoms with van der Waals surface area (Å²) in [6.07, 6.45) is 29.7. The molecule has 0 fully saturated rings. The second-order valence-corrected chi connectivity index (χ2v) is 13.8. The second kappa shape index (κ2) is 20.1. The van der Waals surface area contributed by atoms with Gasteiger partial charge >= 0.3 is 5.97 Å². The van der Waals surface area contributed by atoms with Gasteiger partial charge in [0, 0.05) is 24.6 Å². The zero-order valence-corrected chi connectivity index (χ0v) is 28.5. The molecule has 4 rings (SSSR count). The molecule has 0 aromatic heterocycles. The molecule has 3 nitrogen and oxygen atoms in total. The maximum absolute atomic E-state index is 12.9. The average molecular weight is 602 g/mol. The highest BCUT2D eigenvalue weighted by molar-refractivity contribution is 5.83. The predicted molar refractivity (Wildman–Crippen MR) is 188 cm³/mol. The number of rotatable bonds is 23. The van der Waals surface area contributed by atoms with Crippen LogP contribution < -0.4 is 4.74 Å². The monoisotopic (exact) mass is 601 g/mol. The topological polar surface area (TPSA) is 29.5 Å². The van der Waals surface area contributed by atoms with Gasteiger partial charge in [-0.3, -0.25) is 9.69 Å². The van der Waals surface area contributed by atoms with Gasteiger partial charge in [0.2, 0.25) is 0 Å². The molecule has 1 atom stereocenters. The summed E-state index contributed by atoms with van der Waals surface area (Å²) in [5, 5.41) is 0. The molecule has 2 aliphatic rings. The summed E-state index contributed by atoms with van der Waals surface area (Å²) in [5.41, 5.74) is 6.70. The largest absolute Gasteiger partial charge is 0.426 e. The number of esters is 1. The van der Waals surface area contributed by atoms with E-state index in [0.717, 1.165) is 50.1 Å². The molecule has 0 unspecified atom stereocenters. The standard InChI is InChI=1S/C41H63NO2/c1-3-5-6-7-8-9-10-11-12-13-14-15-16-17-18-19-20-21-22-29-39(43)44-38-28-24-26-35-33-37-40-34(30-32-42(37)31-4-2)25-23-27-36(40)41(35)38/h23-28,37H,3-22,29-33H2,1-2H3/t37-/m1/s1. The summed E-state index contributed by atoms with van der Waals surface area (Å²) in [5.74, 6) is 0.676. The van der Waals surface area contributed by atoms with Crippen LogP contribution in [0.15, 0.2) is 36.4 Å². The fraction of sp³-hybridized carbons (Fsp3) is 0.683. The molecular formula is C41H63NO2. The van der Waals surface area contributed by atoms with Gasteiger partial charge in [0.15, 0.2) is 0 Å². The molecule has 0 radical (unpaired) electrons. The molecule has 0 saturated heterocycles. The number of fused-ring (bicyclic) bond motifs is 2. The number of benzene rings is 2. The zero-order valence-electron chi connectivity index (χ0n) is 28.5. The van der Waals surface area contributed by atoms with Crippen molar-refractivity contribution in [2.24, 2.45) is 0 Å². The van der Waals surface area contributed by atoms with Crippen molar-refractivity contribution in [3.63, 3.8) is 0 Å². The maximum Gasteiger partial charge on any atom is 0.311 e. The van der Waals surface area contributed by atoms with E-state index >= 15 is 0 Å². The van der Waals surface area contributed by atoms with Crippen LogP contribution in [0.3, 0.4) is 0 Å². The van der Waals surface area contributed by atoms with E-state index in [1.54, 1.807) is 0 Å². The molecule has 0 spiro atoms. The minimum absolute atomic E-state index is 0.0788. The van der Waals surface area contributed by atoms with Crippen molar-refractivity contribution in [1.82, 2.24) is 4.90 Å². The van der Waals surface area contributed by atoms with E-state index in [2.05, 4.69) is 49.1 Å². The SMILES string of the molecule is CCCCCCCCCCCCCCCCCCCCCC(=O)Oc1cccc2c1-c1cccc3c1[C@@H](C2)N(CCC)CC3. The molecular weight excluding hydrogens is 538 g/mol. The summed E-state index contributed by atoms with van der Waals surface area (Å²) in [6, 6.07) is 13.5. The average Bonchev–Trinajstić information content (AvgIpc) is 3.03. The summed E-state index contributed by atoms with van der Waals surface area (Å²) in [4.78, 5) is 15.6. The first-order valence-corrected chi connectivity index (χ1v) is 18.9. The van der Waals surface area contributed by atoms with Crippen LogP contribution in [0.25, 0.3) is 11.1 Å². The fourth-order valence-electron chi connectivity index (χ4n) is 7.70. The van der Waals surface area contributed by atoms with Crippen LogP contribution in [0.4, 0.5) is 0 Å². The van der Waals surface area contributed by atoms with Crippen LogP contribution in [0.5, 0.6) is 5.75 Å². The van der Waals surface area contributed by atoms with Crippen LogP contribution >= 0.6 is 0 Å². The molecule has 2 aromatic carbocycles. The Labute approximate surface area is 270 Å². The van der Waals surface area contributed by atoms with E-state index in [1.807, 2.05) is 6.07 Å². The van der Waals surface area contributed by atoms with Gasteiger partial charge in [-0.25, -0.2) is 0 Å². The molecule has 0 amide bonds. The Morgan fingerprint density at radius 1 is 0.682 bits per heavy atom. The summed E-state index contributed by atoms with van der Waals surface area (Å²) in [7, 11) is 0. The van der Waals surface area contributed by atoms with Crippen molar-refractivity contribution in [3.05, 3.63) is 53.1 Å². The molecule has 2 aromatic rings. The highest BCUT2D eigenvalue weighted by Gasteiger charge is 2.35. The quantitative estimate of drug-likeness (QED) is 0.0721. The van der Waals surface area contributed by atoms with E-state index in [-0.39, 0.29) is 5.97 Å². The van der Waals surface area contributed by atoms with E-state index in [9.17, 15) is 4.79 Å².